The second-order valence-corrected chi connectivity index (χ2v) is 15.1. The van der Waals surface area contributed by atoms with Crippen molar-refractivity contribution in [2.24, 2.45) is 0 Å². The van der Waals surface area contributed by atoms with Crippen LogP contribution >= 0.6 is 7.82 Å². The van der Waals surface area contributed by atoms with Crippen LogP contribution in [0.5, 0.6) is 0 Å². The Morgan fingerprint density at radius 3 is 1.54 bits per heavy atom. The molecule has 56 heavy (non-hydrogen) atoms. The van der Waals surface area contributed by atoms with Crippen molar-refractivity contribution in [2.45, 2.75) is 154 Å². The first-order valence-corrected chi connectivity index (χ1v) is 22.7. The lowest BCUT2D eigenvalue weighted by atomic mass is 10.1. The first kappa shape index (κ1) is 53.4. The third kappa shape index (κ3) is 41.0. The molecule has 0 aromatic rings. The second-order valence-electron chi connectivity index (χ2n) is 13.6. The van der Waals surface area contributed by atoms with Gasteiger partial charge in [0, 0.05) is 6.42 Å². The van der Waals surface area contributed by atoms with E-state index in [2.05, 4.69) is 105 Å². The second kappa shape index (κ2) is 42.0. The maximum atomic E-state index is 12.6. The first-order valence-electron chi connectivity index (χ1n) is 21.2. The maximum absolute atomic E-state index is 12.6. The molecule has 9 nitrogen and oxygen atoms in total. The minimum Gasteiger partial charge on any atom is -0.457 e. The number of aliphatic hydroxyl groups is 2. The minimum absolute atomic E-state index is 0.0169. The molecule has 3 N–H and O–H groups in total. The molecule has 0 aromatic carbocycles. The van der Waals surface area contributed by atoms with Crippen LogP contribution in [0.3, 0.4) is 0 Å². The number of ether oxygens (including phenoxy) is 2. The summed E-state index contributed by atoms with van der Waals surface area (Å²) in [5, 5.41) is 18.3. The number of hydrogen-bond acceptors (Lipinski definition) is 8. The molecule has 0 radical (unpaired) electrons. The molecule has 0 heterocycles. The summed E-state index contributed by atoms with van der Waals surface area (Å²) in [6, 6.07) is 0. The van der Waals surface area contributed by atoms with E-state index in [0.717, 1.165) is 83.5 Å². The number of unbranched alkanes of at least 4 members (excludes halogenated alkanes) is 9. The molecule has 0 aliphatic carbocycles. The lowest BCUT2D eigenvalue weighted by Crippen LogP contribution is -2.29. The van der Waals surface area contributed by atoms with Gasteiger partial charge in [-0.1, -0.05) is 150 Å². The standard InChI is InChI=1S/C46H77O9P/c1-3-5-7-9-11-13-15-17-19-21-22-23-24-26-28-30-32-34-36-38-46(49)55-45(43-54-56(50,51)53-41-44(48)40-47)42-52-39-37-35-33-31-29-27-25-20-18-16-14-12-10-8-6-4-2/h6,8,11-14,17-20,22-23,27,29,33,35,44-45,47-48H,3-5,7,9-10,15-16,21,24-26,28,30-32,34,36-43H2,1-2H3,(H,50,51)/b8-6-,13-11-,14-12-,19-17-,20-18-,23-22-,29-27-,35-33-. The molecule has 3 unspecified atom stereocenters. The van der Waals surface area contributed by atoms with E-state index >= 15 is 0 Å². The molecular weight excluding hydrogens is 727 g/mol. The van der Waals surface area contributed by atoms with Crippen molar-refractivity contribution >= 4 is 13.8 Å². The average Bonchev–Trinajstić information content (AvgIpc) is 3.19. The van der Waals surface area contributed by atoms with Crippen molar-refractivity contribution in [2.75, 3.05) is 33.0 Å². The fourth-order valence-electron chi connectivity index (χ4n) is 5.07. The van der Waals surface area contributed by atoms with Gasteiger partial charge >= 0.3 is 13.8 Å². The van der Waals surface area contributed by atoms with Crippen LogP contribution in [0.25, 0.3) is 0 Å². The largest absolute Gasteiger partial charge is 0.472 e. The quantitative estimate of drug-likeness (QED) is 0.0240. The number of carbonyl (C=O) groups excluding carboxylic acids is 1. The summed E-state index contributed by atoms with van der Waals surface area (Å²) in [5.41, 5.74) is 0. The monoisotopic (exact) mass is 805 g/mol. The van der Waals surface area contributed by atoms with Gasteiger partial charge < -0.3 is 24.6 Å². The van der Waals surface area contributed by atoms with Crippen LogP contribution in [0.2, 0.25) is 0 Å². The Morgan fingerprint density at radius 2 is 1.02 bits per heavy atom. The molecule has 0 spiro atoms. The van der Waals surface area contributed by atoms with Crippen LogP contribution in [0.4, 0.5) is 0 Å². The lowest BCUT2D eigenvalue weighted by molar-refractivity contribution is -0.154. The summed E-state index contributed by atoms with van der Waals surface area (Å²) in [6.45, 7) is 3.10. The SMILES string of the molecule is CC/C=C\C/C=C\C/C=C\C/C=C\C/C=C\CCOCC(COP(=O)(O)OCC(O)CO)OC(=O)CCCCCCCC/C=C\C/C=C\C/C=C\CCCCC. The van der Waals surface area contributed by atoms with Gasteiger partial charge in [0.25, 0.3) is 0 Å². The summed E-state index contributed by atoms with van der Waals surface area (Å²) in [6.07, 6.45) is 52.4. The zero-order valence-corrected chi connectivity index (χ0v) is 35.7. The van der Waals surface area contributed by atoms with Gasteiger partial charge in [-0.2, -0.15) is 0 Å². The predicted octanol–water partition coefficient (Wildman–Crippen LogP) is 11.7. The van der Waals surface area contributed by atoms with E-state index in [9.17, 15) is 19.4 Å². The Kier molecular flexibility index (Phi) is 40.0. The van der Waals surface area contributed by atoms with E-state index < -0.39 is 45.8 Å². The molecule has 10 heteroatoms. The van der Waals surface area contributed by atoms with Crippen molar-refractivity contribution in [3.05, 3.63) is 97.2 Å². The zero-order chi connectivity index (χ0) is 41.1. The molecule has 320 valence electrons. The van der Waals surface area contributed by atoms with Crippen molar-refractivity contribution in [3.8, 4) is 0 Å². The van der Waals surface area contributed by atoms with Crippen LogP contribution in [-0.4, -0.2) is 66.3 Å². The van der Waals surface area contributed by atoms with Gasteiger partial charge in [0.2, 0.25) is 0 Å². The Bertz CT molecular complexity index is 1190. The molecule has 0 bridgehead atoms. The summed E-state index contributed by atoms with van der Waals surface area (Å²) >= 11 is 0. The molecular formula is C46H77O9P. The van der Waals surface area contributed by atoms with E-state index in [4.69, 9.17) is 23.6 Å². The molecule has 0 rings (SSSR count). The minimum atomic E-state index is -4.55. The van der Waals surface area contributed by atoms with Gasteiger partial charge in [0.15, 0.2) is 0 Å². The summed E-state index contributed by atoms with van der Waals surface area (Å²) in [4.78, 5) is 22.6. The van der Waals surface area contributed by atoms with E-state index in [0.29, 0.717) is 19.4 Å². The molecule has 0 fully saturated rings. The number of esters is 1. The predicted molar refractivity (Wildman–Crippen MR) is 232 cm³/mol. The highest BCUT2D eigenvalue weighted by molar-refractivity contribution is 7.47. The van der Waals surface area contributed by atoms with Gasteiger partial charge in [-0.25, -0.2) is 4.57 Å². The molecule has 0 aliphatic heterocycles. The molecule has 0 amide bonds. The van der Waals surface area contributed by atoms with Gasteiger partial charge in [-0.3, -0.25) is 13.8 Å². The topological polar surface area (TPSA) is 132 Å². The van der Waals surface area contributed by atoms with E-state index in [-0.39, 0.29) is 13.0 Å². The number of rotatable bonds is 39. The zero-order valence-electron chi connectivity index (χ0n) is 34.8. The fraction of sp³-hybridized carbons (Fsp3) is 0.630. The Hall–Kier alpha value is -2.62. The summed E-state index contributed by atoms with van der Waals surface area (Å²) < 4.78 is 33.2. The molecule has 0 aromatic heterocycles. The van der Waals surface area contributed by atoms with Crippen molar-refractivity contribution in [1.29, 1.82) is 0 Å². The Labute approximate surface area is 340 Å². The van der Waals surface area contributed by atoms with Crippen LogP contribution in [0, 0.1) is 0 Å². The van der Waals surface area contributed by atoms with Crippen LogP contribution in [-0.2, 0) is 27.9 Å². The number of carbonyl (C=O) groups is 1. The highest BCUT2D eigenvalue weighted by atomic mass is 31.2. The van der Waals surface area contributed by atoms with E-state index in [1.54, 1.807) is 0 Å². The van der Waals surface area contributed by atoms with Crippen molar-refractivity contribution in [1.82, 2.24) is 0 Å². The maximum Gasteiger partial charge on any atom is 0.472 e. The smallest absolute Gasteiger partial charge is 0.457 e. The number of phosphoric ester groups is 1. The Balaban J connectivity index is 4.35. The van der Waals surface area contributed by atoms with Gasteiger partial charge in [-0.15, -0.1) is 0 Å². The number of hydrogen-bond donors (Lipinski definition) is 3. The third-order valence-electron chi connectivity index (χ3n) is 8.27. The van der Waals surface area contributed by atoms with Gasteiger partial charge in [0.1, 0.15) is 12.2 Å². The molecule has 0 saturated heterocycles. The molecule has 0 aliphatic rings. The number of allylic oxidation sites excluding steroid dienone is 15. The fourth-order valence-corrected chi connectivity index (χ4v) is 5.86. The van der Waals surface area contributed by atoms with Crippen molar-refractivity contribution < 1.29 is 43.0 Å². The third-order valence-corrected chi connectivity index (χ3v) is 9.22. The first-order chi connectivity index (χ1) is 27.3. The summed E-state index contributed by atoms with van der Waals surface area (Å²) in [7, 11) is -4.55. The highest BCUT2D eigenvalue weighted by Crippen LogP contribution is 2.43. The normalized spacial score (nSPS) is 15.0. The van der Waals surface area contributed by atoms with Crippen LogP contribution in [0.1, 0.15) is 142 Å². The van der Waals surface area contributed by atoms with Crippen LogP contribution in [0.15, 0.2) is 97.2 Å². The van der Waals surface area contributed by atoms with Gasteiger partial charge in [-0.05, 0) is 83.5 Å². The Morgan fingerprint density at radius 1 is 0.571 bits per heavy atom. The molecule has 3 atom stereocenters. The number of phosphoric acid groups is 1. The lowest BCUT2D eigenvalue weighted by Gasteiger charge is -2.20. The van der Waals surface area contributed by atoms with E-state index in [1.165, 1.54) is 25.7 Å². The van der Waals surface area contributed by atoms with E-state index in [1.807, 2.05) is 6.08 Å². The van der Waals surface area contributed by atoms with Crippen LogP contribution < -0.4 is 0 Å². The summed E-state index contributed by atoms with van der Waals surface area (Å²) in [5.74, 6) is -0.424. The molecule has 0 saturated carbocycles. The number of aliphatic hydroxyl groups excluding tert-OH is 2. The van der Waals surface area contributed by atoms with Gasteiger partial charge in [0.05, 0.1) is 33.0 Å². The van der Waals surface area contributed by atoms with Crippen molar-refractivity contribution in [3.63, 3.8) is 0 Å². The average molecular weight is 805 g/mol. The highest BCUT2D eigenvalue weighted by Gasteiger charge is 2.26.